The normalized spacial score (nSPS) is 13.8. The summed E-state index contributed by atoms with van der Waals surface area (Å²) in [5.74, 6) is 0. The fourth-order valence-electron chi connectivity index (χ4n) is 7.10. The molecule has 0 aliphatic heterocycles. The molecule has 2 heterocycles. The Morgan fingerprint density at radius 1 is 0.415 bits per heavy atom. The number of rotatable bonds is 2. The second-order valence-corrected chi connectivity index (χ2v) is 11.7. The zero-order chi connectivity index (χ0) is 27.3. The van der Waals surface area contributed by atoms with Crippen molar-refractivity contribution in [2.45, 2.75) is 19.3 Å². The summed E-state index contributed by atoms with van der Waals surface area (Å²) in [6.07, 6.45) is 0. The molecule has 0 spiro atoms. The summed E-state index contributed by atoms with van der Waals surface area (Å²) in [6, 6.07) is 43.4. The van der Waals surface area contributed by atoms with E-state index in [0.717, 1.165) is 33.1 Å². The number of hydrogen-bond acceptors (Lipinski definition) is 2. The highest BCUT2D eigenvalue weighted by Gasteiger charge is 2.36. The van der Waals surface area contributed by atoms with Crippen molar-refractivity contribution in [2.24, 2.45) is 0 Å². The quantitative estimate of drug-likeness (QED) is 0.224. The highest BCUT2D eigenvalue weighted by atomic mass is 16.3. The van der Waals surface area contributed by atoms with E-state index in [0.29, 0.717) is 0 Å². The van der Waals surface area contributed by atoms with Gasteiger partial charge in [0.15, 0.2) is 0 Å². The largest absolute Gasteiger partial charge is 0.456 e. The first-order chi connectivity index (χ1) is 20.1. The summed E-state index contributed by atoms with van der Waals surface area (Å²) >= 11 is 0. The van der Waals surface area contributed by atoms with Crippen LogP contribution in [-0.2, 0) is 5.41 Å². The average Bonchev–Trinajstić information content (AvgIpc) is 3.65. The molecule has 9 rings (SSSR count). The monoisotopic (exact) mass is 526 g/mol. The van der Waals surface area contributed by atoms with Crippen molar-refractivity contribution in [3.8, 4) is 33.4 Å². The second-order valence-electron chi connectivity index (χ2n) is 11.7. The molecule has 2 aromatic heterocycles. The first-order valence-electron chi connectivity index (χ1n) is 14.2. The van der Waals surface area contributed by atoms with Gasteiger partial charge in [0.05, 0.1) is 0 Å². The number of furan rings is 2. The van der Waals surface area contributed by atoms with Gasteiger partial charge in [-0.05, 0) is 80.9 Å². The molecular weight excluding hydrogens is 500 g/mol. The third-order valence-corrected chi connectivity index (χ3v) is 9.10. The van der Waals surface area contributed by atoms with Crippen molar-refractivity contribution in [3.63, 3.8) is 0 Å². The van der Waals surface area contributed by atoms with Crippen molar-refractivity contribution in [1.82, 2.24) is 0 Å². The first kappa shape index (κ1) is 22.7. The predicted octanol–water partition coefficient (Wildman–Crippen LogP) is 11.1. The molecule has 0 saturated carbocycles. The Hall–Kier alpha value is -5.08. The SMILES string of the molecule is CC1(C)c2cc(-c3cccc4oc5ccccc5c34)ccc2-c2ccc(-c3cccc4oc5ccccc5c34)cc21. The molecule has 0 bridgehead atoms. The van der Waals surface area contributed by atoms with Crippen molar-refractivity contribution in [1.29, 1.82) is 0 Å². The van der Waals surface area contributed by atoms with E-state index in [2.05, 4.69) is 111 Å². The van der Waals surface area contributed by atoms with E-state index in [4.69, 9.17) is 8.83 Å². The van der Waals surface area contributed by atoms with Crippen LogP contribution in [0.1, 0.15) is 25.0 Å². The van der Waals surface area contributed by atoms with Crippen LogP contribution in [0.3, 0.4) is 0 Å². The van der Waals surface area contributed by atoms with E-state index in [1.54, 1.807) is 0 Å². The highest BCUT2D eigenvalue weighted by molar-refractivity contribution is 6.13. The van der Waals surface area contributed by atoms with Crippen LogP contribution >= 0.6 is 0 Å². The van der Waals surface area contributed by atoms with Gasteiger partial charge in [-0.25, -0.2) is 0 Å². The standard InChI is InChI=1S/C39H26O2/c1-39(2)31-21-23(25-11-7-15-35-37(25)29-9-3-5-13-33(29)40-35)17-19-27(31)28-20-18-24(22-32(28)39)26-12-8-16-36-38(26)30-10-4-6-14-34(30)41-36/h3-22H,1-2H3. The van der Waals surface area contributed by atoms with Gasteiger partial charge in [0.1, 0.15) is 22.3 Å². The maximum Gasteiger partial charge on any atom is 0.136 e. The molecule has 0 atom stereocenters. The third kappa shape index (κ3) is 3.08. The topological polar surface area (TPSA) is 26.3 Å². The van der Waals surface area contributed by atoms with E-state index in [1.165, 1.54) is 55.3 Å². The molecule has 1 aliphatic carbocycles. The van der Waals surface area contributed by atoms with Gasteiger partial charge in [-0.15, -0.1) is 0 Å². The lowest BCUT2D eigenvalue weighted by molar-refractivity contribution is 0.661. The van der Waals surface area contributed by atoms with Gasteiger partial charge in [0.25, 0.3) is 0 Å². The molecule has 0 amide bonds. The lowest BCUT2D eigenvalue weighted by Crippen LogP contribution is -2.15. The van der Waals surface area contributed by atoms with Crippen LogP contribution in [0.4, 0.5) is 0 Å². The van der Waals surface area contributed by atoms with Gasteiger partial charge in [-0.2, -0.15) is 0 Å². The minimum absolute atomic E-state index is 0.143. The second kappa shape index (κ2) is 7.99. The lowest BCUT2D eigenvalue weighted by Gasteiger charge is -2.23. The predicted molar refractivity (Wildman–Crippen MR) is 169 cm³/mol. The van der Waals surface area contributed by atoms with Crippen LogP contribution in [0.5, 0.6) is 0 Å². The van der Waals surface area contributed by atoms with Crippen molar-refractivity contribution in [3.05, 3.63) is 132 Å². The zero-order valence-corrected chi connectivity index (χ0v) is 22.9. The molecule has 0 saturated heterocycles. The molecule has 41 heavy (non-hydrogen) atoms. The molecule has 194 valence electrons. The van der Waals surface area contributed by atoms with Gasteiger partial charge in [0, 0.05) is 27.0 Å². The van der Waals surface area contributed by atoms with Crippen LogP contribution in [0.15, 0.2) is 130 Å². The third-order valence-electron chi connectivity index (χ3n) is 9.10. The zero-order valence-electron chi connectivity index (χ0n) is 22.9. The molecule has 2 nitrogen and oxygen atoms in total. The minimum Gasteiger partial charge on any atom is -0.456 e. The lowest BCUT2D eigenvalue weighted by atomic mass is 9.80. The molecule has 6 aromatic carbocycles. The molecular formula is C39H26O2. The van der Waals surface area contributed by atoms with Crippen LogP contribution in [-0.4, -0.2) is 0 Å². The molecule has 0 radical (unpaired) electrons. The smallest absolute Gasteiger partial charge is 0.136 e. The summed E-state index contributed by atoms with van der Waals surface area (Å²) in [6.45, 7) is 4.71. The van der Waals surface area contributed by atoms with Crippen molar-refractivity contribution < 1.29 is 8.83 Å². The Morgan fingerprint density at radius 3 is 1.34 bits per heavy atom. The fourth-order valence-corrected chi connectivity index (χ4v) is 7.10. The number of fused-ring (bicyclic) bond motifs is 9. The van der Waals surface area contributed by atoms with Gasteiger partial charge >= 0.3 is 0 Å². The summed E-state index contributed by atoms with van der Waals surface area (Å²) in [5, 5.41) is 4.68. The Balaban J connectivity index is 1.21. The van der Waals surface area contributed by atoms with Crippen LogP contribution in [0.25, 0.3) is 77.3 Å². The highest BCUT2D eigenvalue weighted by Crippen LogP contribution is 2.51. The van der Waals surface area contributed by atoms with Gasteiger partial charge in [0.2, 0.25) is 0 Å². The summed E-state index contributed by atoms with van der Waals surface area (Å²) in [5.41, 5.74) is 13.8. The van der Waals surface area contributed by atoms with Crippen molar-refractivity contribution in [2.75, 3.05) is 0 Å². The van der Waals surface area contributed by atoms with E-state index < -0.39 is 0 Å². The van der Waals surface area contributed by atoms with Gasteiger partial charge in [-0.1, -0.05) is 98.8 Å². The van der Waals surface area contributed by atoms with Crippen LogP contribution < -0.4 is 0 Å². The first-order valence-corrected chi connectivity index (χ1v) is 14.2. The maximum atomic E-state index is 6.20. The van der Waals surface area contributed by atoms with Gasteiger partial charge in [-0.3, -0.25) is 0 Å². The number of para-hydroxylation sites is 2. The summed E-state index contributed by atoms with van der Waals surface area (Å²) in [7, 11) is 0. The molecule has 0 unspecified atom stereocenters. The molecule has 2 heteroatoms. The van der Waals surface area contributed by atoms with E-state index >= 15 is 0 Å². The molecule has 8 aromatic rings. The Morgan fingerprint density at radius 2 is 0.854 bits per heavy atom. The van der Waals surface area contributed by atoms with Crippen LogP contribution in [0.2, 0.25) is 0 Å². The summed E-state index contributed by atoms with van der Waals surface area (Å²) < 4.78 is 12.4. The number of hydrogen-bond donors (Lipinski definition) is 0. The summed E-state index contributed by atoms with van der Waals surface area (Å²) in [4.78, 5) is 0. The van der Waals surface area contributed by atoms with Crippen molar-refractivity contribution >= 4 is 43.9 Å². The van der Waals surface area contributed by atoms with E-state index in [1.807, 2.05) is 24.3 Å². The van der Waals surface area contributed by atoms with Crippen LogP contribution in [0, 0.1) is 0 Å². The average molecular weight is 527 g/mol. The fraction of sp³-hybridized carbons (Fsp3) is 0.0769. The molecule has 0 fully saturated rings. The Bertz CT molecular complexity index is 2180. The number of benzene rings is 6. The Labute approximate surface area is 237 Å². The molecule has 1 aliphatic rings. The molecule has 0 N–H and O–H groups in total. The van der Waals surface area contributed by atoms with E-state index in [-0.39, 0.29) is 5.41 Å². The Kier molecular flexibility index (Phi) is 4.42. The van der Waals surface area contributed by atoms with Gasteiger partial charge < -0.3 is 8.83 Å². The van der Waals surface area contributed by atoms with E-state index in [9.17, 15) is 0 Å². The minimum atomic E-state index is -0.143. The maximum absolute atomic E-state index is 6.20.